The summed E-state index contributed by atoms with van der Waals surface area (Å²) in [4.78, 5) is 14.0. The van der Waals surface area contributed by atoms with Gasteiger partial charge < -0.3 is 15.0 Å². The van der Waals surface area contributed by atoms with Crippen LogP contribution >= 0.6 is 0 Å². The van der Waals surface area contributed by atoms with Gasteiger partial charge in [-0.2, -0.15) is 9.61 Å². The van der Waals surface area contributed by atoms with Gasteiger partial charge in [0.15, 0.2) is 0 Å². The minimum atomic E-state index is 0.0862. The quantitative estimate of drug-likeness (QED) is 0.741. The van der Waals surface area contributed by atoms with E-state index in [4.69, 9.17) is 4.74 Å². The van der Waals surface area contributed by atoms with Crippen molar-refractivity contribution >= 4 is 17.2 Å². The summed E-state index contributed by atoms with van der Waals surface area (Å²) in [6.07, 6.45) is 3.14. The Morgan fingerprint density at radius 3 is 2.89 bits per heavy atom. The number of anilines is 1. The van der Waals surface area contributed by atoms with Crippen LogP contribution in [0.3, 0.4) is 0 Å². The standard InChI is InChI=1S/C19H22N6O2/c1-20-18(26)9-13-7-8-24(11-13)17-10-16(23-25-12-21-22-19(17)25)14-3-5-15(27-2)6-4-14/h3-6,10,12-13H,7-9,11H2,1-2H3,(H,20,26). The molecule has 1 unspecified atom stereocenters. The summed E-state index contributed by atoms with van der Waals surface area (Å²) in [6, 6.07) is 9.86. The fourth-order valence-corrected chi connectivity index (χ4v) is 3.53. The number of carbonyl (C=O) groups is 1. The van der Waals surface area contributed by atoms with Crippen LogP contribution in [-0.4, -0.2) is 53.0 Å². The van der Waals surface area contributed by atoms with Gasteiger partial charge in [-0.05, 0) is 42.7 Å². The Morgan fingerprint density at radius 1 is 1.33 bits per heavy atom. The molecule has 27 heavy (non-hydrogen) atoms. The number of carbonyl (C=O) groups excluding carboxylic acids is 1. The monoisotopic (exact) mass is 366 g/mol. The van der Waals surface area contributed by atoms with E-state index in [0.29, 0.717) is 12.3 Å². The third-order valence-electron chi connectivity index (χ3n) is 5.01. The van der Waals surface area contributed by atoms with Crippen molar-refractivity contribution in [2.24, 2.45) is 5.92 Å². The number of rotatable bonds is 5. The molecule has 8 heteroatoms. The molecule has 1 aromatic carbocycles. The zero-order valence-electron chi connectivity index (χ0n) is 15.4. The van der Waals surface area contributed by atoms with Crippen LogP contribution in [-0.2, 0) is 4.79 Å². The molecule has 0 radical (unpaired) electrons. The molecule has 2 aromatic heterocycles. The van der Waals surface area contributed by atoms with Crippen LogP contribution in [0.25, 0.3) is 16.9 Å². The zero-order valence-corrected chi connectivity index (χ0v) is 15.4. The first kappa shape index (κ1) is 17.3. The van der Waals surface area contributed by atoms with Crippen LogP contribution in [0.2, 0.25) is 0 Å². The summed E-state index contributed by atoms with van der Waals surface area (Å²) >= 11 is 0. The SMILES string of the molecule is CNC(=O)CC1CCN(c2cc(-c3ccc(OC)cc3)nn3cnnc23)C1. The number of ether oxygens (including phenoxy) is 1. The summed E-state index contributed by atoms with van der Waals surface area (Å²) in [5.41, 5.74) is 3.56. The Hall–Kier alpha value is -3.16. The first-order valence-electron chi connectivity index (χ1n) is 8.99. The van der Waals surface area contributed by atoms with Crippen LogP contribution in [0.15, 0.2) is 36.7 Å². The lowest BCUT2D eigenvalue weighted by atomic mass is 10.0. The highest BCUT2D eigenvalue weighted by atomic mass is 16.5. The molecule has 1 saturated heterocycles. The Bertz CT molecular complexity index is 952. The molecule has 1 atom stereocenters. The van der Waals surface area contributed by atoms with Gasteiger partial charge in [0.1, 0.15) is 12.1 Å². The minimum Gasteiger partial charge on any atom is -0.497 e. The number of hydrogen-bond acceptors (Lipinski definition) is 6. The molecule has 1 aliphatic heterocycles. The van der Waals surface area contributed by atoms with Crippen molar-refractivity contribution in [3.8, 4) is 17.0 Å². The summed E-state index contributed by atoms with van der Waals surface area (Å²) < 4.78 is 6.94. The minimum absolute atomic E-state index is 0.0862. The molecule has 0 saturated carbocycles. The molecule has 0 bridgehead atoms. The fraction of sp³-hybridized carbons (Fsp3) is 0.368. The molecule has 4 rings (SSSR count). The van der Waals surface area contributed by atoms with Crippen LogP contribution in [0, 0.1) is 5.92 Å². The van der Waals surface area contributed by atoms with Crippen LogP contribution in [0.4, 0.5) is 5.69 Å². The van der Waals surface area contributed by atoms with Gasteiger partial charge in [-0.25, -0.2) is 0 Å². The van der Waals surface area contributed by atoms with Crippen molar-refractivity contribution < 1.29 is 9.53 Å². The van der Waals surface area contributed by atoms with Crippen molar-refractivity contribution in [3.63, 3.8) is 0 Å². The topological polar surface area (TPSA) is 84.7 Å². The Labute approximate surface area is 157 Å². The summed E-state index contributed by atoms with van der Waals surface area (Å²) in [6.45, 7) is 1.71. The van der Waals surface area contributed by atoms with E-state index in [1.54, 1.807) is 25.0 Å². The Kier molecular flexibility index (Phi) is 4.62. The number of methoxy groups -OCH3 is 1. The predicted octanol–water partition coefficient (Wildman–Crippen LogP) is 1.76. The predicted molar refractivity (Wildman–Crippen MR) is 102 cm³/mol. The third-order valence-corrected chi connectivity index (χ3v) is 5.01. The van der Waals surface area contributed by atoms with Gasteiger partial charge in [0, 0.05) is 32.1 Å². The summed E-state index contributed by atoms with van der Waals surface area (Å²) in [7, 11) is 3.33. The molecule has 3 heterocycles. The number of aromatic nitrogens is 4. The van der Waals surface area contributed by atoms with Crippen LogP contribution in [0.5, 0.6) is 5.75 Å². The van der Waals surface area contributed by atoms with Gasteiger partial charge >= 0.3 is 0 Å². The van der Waals surface area contributed by atoms with E-state index in [2.05, 4.69) is 25.5 Å². The molecule has 1 fully saturated rings. The maximum atomic E-state index is 11.7. The lowest BCUT2D eigenvalue weighted by molar-refractivity contribution is -0.121. The number of nitrogens with one attached hydrogen (secondary N) is 1. The normalized spacial score (nSPS) is 16.7. The second kappa shape index (κ2) is 7.22. The zero-order chi connectivity index (χ0) is 18.8. The lowest BCUT2D eigenvalue weighted by Gasteiger charge is -2.19. The maximum absolute atomic E-state index is 11.7. The second-order valence-corrected chi connectivity index (χ2v) is 6.72. The number of hydrogen-bond donors (Lipinski definition) is 1. The molecule has 0 aliphatic carbocycles. The molecule has 1 aliphatic rings. The number of amides is 1. The van der Waals surface area contributed by atoms with Gasteiger partial charge in [0.25, 0.3) is 0 Å². The Morgan fingerprint density at radius 2 is 2.15 bits per heavy atom. The summed E-state index contributed by atoms with van der Waals surface area (Å²) in [5, 5.41) is 15.6. The first-order valence-corrected chi connectivity index (χ1v) is 8.99. The van der Waals surface area contributed by atoms with Gasteiger partial charge in [-0.15, -0.1) is 10.2 Å². The van der Waals surface area contributed by atoms with E-state index in [0.717, 1.165) is 47.9 Å². The largest absolute Gasteiger partial charge is 0.497 e. The fourth-order valence-electron chi connectivity index (χ4n) is 3.53. The first-order chi connectivity index (χ1) is 13.2. The molecule has 3 aromatic rings. The van der Waals surface area contributed by atoms with Gasteiger partial charge in [-0.3, -0.25) is 4.79 Å². The van der Waals surface area contributed by atoms with Crippen LogP contribution in [0.1, 0.15) is 12.8 Å². The molecular weight excluding hydrogens is 344 g/mol. The summed E-state index contributed by atoms with van der Waals surface area (Å²) in [5.74, 6) is 1.23. The van der Waals surface area contributed by atoms with Gasteiger partial charge in [-0.1, -0.05) is 0 Å². The highest BCUT2D eigenvalue weighted by molar-refractivity contribution is 5.77. The number of benzene rings is 1. The van der Waals surface area contributed by atoms with Gasteiger partial charge in [0.05, 0.1) is 18.5 Å². The molecule has 1 N–H and O–H groups in total. The highest BCUT2D eigenvalue weighted by Gasteiger charge is 2.27. The van der Waals surface area contributed by atoms with Crippen molar-refractivity contribution in [3.05, 3.63) is 36.7 Å². The molecular formula is C19H22N6O2. The Balaban J connectivity index is 1.66. The van der Waals surface area contributed by atoms with E-state index < -0.39 is 0 Å². The van der Waals surface area contributed by atoms with Gasteiger partial charge in [0.2, 0.25) is 11.6 Å². The molecule has 140 valence electrons. The maximum Gasteiger partial charge on any atom is 0.220 e. The van der Waals surface area contributed by atoms with Crippen molar-refractivity contribution in [2.75, 3.05) is 32.1 Å². The number of nitrogens with zero attached hydrogens (tertiary/aromatic N) is 5. The number of fused-ring (bicyclic) bond motifs is 1. The third kappa shape index (κ3) is 3.42. The van der Waals surface area contributed by atoms with E-state index in [9.17, 15) is 4.79 Å². The van der Waals surface area contributed by atoms with E-state index >= 15 is 0 Å². The van der Waals surface area contributed by atoms with Crippen molar-refractivity contribution in [1.29, 1.82) is 0 Å². The average molecular weight is 366 g/mol. The van der Waals surface area contributed by atoms with E-state index in [1.807, 2.05) is 30.3 Å². The molecule has 1 amide bonds. The average Bonchev–Trinajstić information content (AvgIpc) is 3.36. The van der Waals surface area contributed by atoms with Crippen molar-refractivity contribution in [1.82, 2.24) is 25.1 Å². The highest BCUT2D eigenvalue weighted by Crippen LogP contribution is 2.31. The van der Waals surface area contributed by atoms with E-state index in [-0.39, 0.29) is 5.91 Å². The smallest absolute Gasteiger partial charge is 0.220 e. The van der Waals surface area contributed by atoms with Crippen LogP contribution < -0.4 is 15.0 Å². The van der Waals surface area contributed by atoms with Crippen molar-refractivity contribution in [2.45, 2.75) is 12.8 Å². The second-order valence-electron chi connectivity index (χ2n) is 6.72. The van der Waals surface area contributed by atoms with E-state index in [1.165, 1.54) is 0 Å². The lowest BCUT2D eigenvalue weighted by Crippen LogP contribution is -2.24. The molecule has 0 spiro atoms. The molecule has 8 nitrogen and oxygen atoms in total.